The number of amides is 4. The molecule has 0 saturated carbocycles. The van der Waals surface area contributed by atoms with Gasteiger partial charge in [-0.05, 0) is 49.1 Å². The average Bonchev–Trinajstić information content (AvgIpc) is 3.61. The van der Waals surface area contributed by atoms with Crippen LogP contribution in [0.4, 0.5) is 0 Å². The molecule has 1 fully saturated rings. The first-order chi connectivity index (χ1) is 21.2. The number of likely N-dealkylation sites (tertiary alicyclic amines) is 1. The fraction of sp³-hybridized carbons (Fsp3) is 0.548. The summed E-state index contributed by atoms with van der Waals surface area (Å²) in [6.45, 7) is 7.18. The number of carbonyl (C=O) groups excluding carboxylic acids is 4. The van der Waals surface area contributed by atoms with Crippen LogP contribution in [-0.2, 0) is 35.2 Å². The number of H-pyrrole nitrogens is 1. The first kappa shape index (κ1) is 35.0. The molecule has 4 amide bonds. The molecule has 0 radical (unpaired) electrons. The number of aliphatic carboxylic acids is 2. The molecule has 0 aliphatic carbocycles. The van der Waals surface area contributed by atoms with Gasteiger partial charge in [0.1, 0.15) is 24.2 Å². The van der Waals surface area contributed by atoms with Gasteiger partial charge >= 0.3 is 11.9 Å². The SMILES string of the molecule is CC(C)C[C@H](NC(=O)[C@H](NC(=O)[C@@H]1CCCN1C(=O)[C@@H](CC(=O)O)NC(=O)[C@H](N)Cc1c[nH]c2ccccc12)C(C)C)C(=O)O. The van der Waals surface area contributed by atoms with Crippen LogP contribution in [0.1, 0.15) is 58.9 Å². The molecule has 3 rings (SSSR count). The zero-order chi connectivity index (χ0) is 33.4. The first-order valence-corrected chi connectivity index (χ1v) is 15.2. The molecule has 14 heteroatoms. The number of aromatic nitrogens is 1. The van der Waals surface area contributed by atoms with Gasteiger partial charge in [0.2, 0.25) is 23.6 Å². The molecule has 1 aromatic heterocycles. The van der Waals surface area contributed by atoms with Crippen molar-refractivity contribution in [1.82, 2.24) is 25.8 Å². The molecule has 246 valence electrons. The minimum atomic E-state index is -1.48. The predicted molar refractivity (Wildman–Crippen MR) is 165 cm³/mol. The van der Waals surface area contributed by atoms with E-state index in [2.05, 4.69) is 20.9 Å². The van der Waals surface area contributed by atoms with Crippen molar-refractivity contribution >= 4 is 46.5 Å². The van der Waals surface area contributed by atoms with Gasteiger partial charge in [-0.1, -0.05) is 45.9 Å². The van der Waals surface area contributed by atoms with Crippen LogP contribution in [-0.4, -0.2) is 92.4 Å². The van der Waals surface area contributed by atoms with Crippen molar-refractivity contribution in [3.8, 4) is 0 Å². The molecule has 1 aliphatic rings. The molecule has 1 aromatic carbocycles. The number of para-hydroxylation sites is 1. The Morgan fingerprint density at radius 2 is 1.64 bits per heavy atom. The zero-order valence-corrected chi connectivity index (χ0v) is 26.0. The lowest BCUT2D eigenvalue weighted by Crippen LogP contribution is -2.59. The zero-order valence-electron chi connectivity index (χ0n) is 26.0. The van der Waals surface area contributed by atoms with E-state index in [1.165, 1.54) is 4.90 Å². The van der Waals surface area contributed by atoms with Crippen LogP contribution in [0.2, 0.25) is 0 Å². The molecule has 8 N–H and O–H groups in total. The molecule has 0 spiro atoms. The maximum absolute atomic E-state index is 13.6. The van der Waals surface area contributed by atoms with E-state index in [0.717, 1.165) is 16.5 Å². The Morgan fingerprint density at radius 1 is 0.978 bits per heavy atom. The number of aromatic amines is 1. The van der Waals surface area contributed by atoms with E-state index >= 15 is 0 Å². The van der Waals surface area contributed by atoms with Crippen LogP contribution in [0.5, 0.6) is 0 Å². The number of carboxylic acid groups (broad SMARTS) is 2. The maximum Gasteiger partial charge on any atom is 0.326 e. The lowest BCUT2D eigenvalue weighted by atomic mass is 10.00. The molecule has 0 bridgehead atoms. The molecule has 1 saturated heterocycles. The Bertz CT molecular complexity index is 1410. The van der Waals surface area contributed by atoms with Gasteiger partial charge in [0.05, 0.1) is 12.5 Å². The van der Waals surface area contributed by atoms with Gasteiger partial charge in [-0.25, -0.2) is 4.79 Å². The van der Waals surface area contributed by atoms with E-state index in [0.29, 0.717) is 6.42 Å². The van der Waals surface area contributed by atoms with E-state index in [9.17, 15) is 39.0 Å². The van der Waals surface area contributed by atoms with E-state index in [-0.39, 0.29) is 31.7 Å². The Hall–Kier alpha value is -4.46. The topological polar surface area (TPSA) is 224 Å². The highest BCUT2D eigenvalue weighted by Gasteiger charge is 2.40. The first-order valence-electron chi connectivity index (χ1n) is 15.2. The number of nitrogens with two attached hydrogens (primary N) is 1. The second-order valence-electron chi connectivity index (χ2n) is 12.3. The largest absolute Gasteiger partial charge is 0.481 e. The predicted octanol–water partition coefficient (Wildman–Crippen LogP) is 0.745. The summed E-state index contributed by atoms with van der Waals surface area (Å²) < 4.78 is 0. The molecule has 5 atom stereocenters. The minimum absolute atomic E-state index is 0.00105. The Kier molecular flexibility index (Phi) is 12.1. The molecule has 45 heavy (non-hydrogen) atoms. The number of rotatable bonds is 15. The van der Waals surface area contributed by atoms with E-state index < -0.39 is 78.1 Å². The van der Waals surface area contributed by atoms with Crippen LogP contribution < -0.4 is 21.7 Å². The summed E-state index contributed by atoms with van der Waals surface area (Å²) in [6.07, 6.45) is 2.04. The number of carbonyl (C=O) groups is 6. The van der Waals surface area contributed by atoms with Crippen LogP contribution in [0, 0.1) is 11.8 Å². The van der Waals surface area contributed by atoms with E-state index in [4.69, 9.17) is 5.73 Å². The number of nitrogens with zero attached hydrogens (tertiary/aromatic N) is 1. The minimum Gasteiger partial charge on any atom is -0.481 e. The molecule has 14 nitrogen and oxygen atoms in total. The number of nitrogens with one attached hydrogen (secondary N) is 4. The number of carboxylic acids is 2. The molecule has 0 unspecified atom stereocenters. The van der Waals surface area contributed by atoms with Crippen LogP contribution in [0.3, 0.4) is 0 Å². The third-order valence-corrected chi connectivity index (χ3v) is 7.85. The number of hydrogen-bond acceptors (Lipinski definition) is 7. The summed E-state index contributed by atoms with van der Waals surface area (Å²) in [4.78, 5) is 80.8. The third-order valence-electron chi connectivity index (χ3n) is 7.85. The van der Waals surface area contributed by atoms with Crippen LogP contribution >= 0.6 is 0 Å². The van der Waals surface area contributed by atoms with Gasteiger partial charge < -0.3 is 41.8 Å². The number of hydrogen-bond donors (Lipinski definition) is 7. The van der Waals surface area contributed by atoms with Crippen molar-refractivity contribution in [2.75, 3.05) is 6.54 Å². The summed E-state index contributed by atoms with van der Waals surface area (Å²) in [7, 11) is 0. The highest BCUT2D eigenvalue weighted by atomic mass is 16.4. The second-order valence-corrected chi connectivity index (χ2v) is 12.3. The summed E-state index contributed by atoms with van der Waals surface area (Å²) in [5.41, 5.74) is 7.81. The maximum atomic E-state index is 13.6. The van der Waals surface area contributed by atoms with Gasteiger partial charge in [0.15, 0.2) is 0 Å². The Labute approximate surface area is 261 Å². The van der Waals surface area contributed by atoms with Crippen molar-refractivity contribution in [3.63, 3.8) is 0 Å². The average molecular weight is 629 g/mol. The smallest absolute Gasteiger partial charge is 0.326 e. The number of benzene rings is 1. The summed E-state index contributed by atoms with van der Waals surface area (Å²) in [6, 6.07) is 1.67. The summed E-state index contributed by atoms with van der Waals surface area (Å²) >= 11 is 0. The second kappa shape index (κ2) is 15.5. The van der Waals surface area contributed by atoms with Crippen molar-refractivity contribution in [2.45, 2.75) is 90.0 Å². The van der Waals surface area contributed by atoms with Gasteiger partial charge in [-0.15, -0.1) is 0 Å². The third kappa shape index (κ3) is 9.27. The van der Waals surface area contributed by atoms with Crippen molar-refractivity contribution in [1.29, 1.82) is 0 Å². The van der Waals surface area contributed by atoms with E-state index in [1.807, 2.05) is 38.1 Å². The van der Waals surface area contributed by atoms with Crippen LogP contribution in [0.15, 0.2) is 30.5 Å². The van der Waals surface area contributed by atoms with E-state index in [1.54, 1.807) is 20.0 Å². The highest BCUT2D eigenvalue weighted by Crippen LogP contribution is 2.21. The molecule has 2 aromatic rings. The lowest BCUT2D eigenvalue weighted by molar-refractivity contribution is -0.146. The standard InChI is InChI=1S/C31H44N6O8/c1-16(2)12-23(31(44)45)35-29(42)26(17(3)4)36-28(41)24-10-7-11-37(24)30(43)22(14-25(38)39)34-27(40)20(32)13-18-15-33-21-9-6-5-8-19(18)21/h5-6,8-9,15-17,20,22-24,26,33H,7,10-14,32H2,1-4H3,(H,34,40)(H,35,42)(H,36,41)(H,38,39)(H,44,45)/t20-,22-,23+,24+,26-/m1/s1. The normalized spacial score (nSPS) is 17.5. The van der Waals surface area contributed by atoms with Crippen molar-refractivity contribution in [2.24, 2.45) is 17.6 Å². The number of fused-ring (bicyclic) bond motifs is 1. The van der Waals surface area contributed by atoms with Crippen LogP contribution in [0.25, 0.3) is 10.9 Å². The monoisotopic (exact) mass is 628 g/mol. The van der Waals surface area contributed by atoms with Crippen molar-refractivity contribution in [3.05, 3.63) is 36.0 Å². The van der Waals surface area contributed by atoms with Gasteiger partial charge in [0.25, 0.3) is 0 Å². The lowest BCUT2D eigenvalue weighted by Gasteiger charge is -2.31. The van der Waals surface area contributed by atoms with Gasteiger partial charge in [0, 0.05) is 23.6 Å². The Morgan fingerprint density at radius 3 is 2.27 bits per heavy atom. The molecular formula is C31H44N6O8. The quantitative estimate of drug-likeness (QED) is 0.147. The summed E-state index contributed by atoms with van der Waals surface area (Å²) in [5, 5.41) is 27.6. The fourth-order valence-corrected chi connectivity index (χ4v) is 5.53. The summed E-state index contributed by atoms with van der Waals surface area (Å²) in [5.74, 6) is -5.70. The van der Waals surface area contributed by atoms with Gasteiger partial charge in [-0.3, -0.25) is 24.0 Å². The van der Waals surface area contributed by atoms with Gasteiger partial charge in [-0.2, -0.15) is 0 Å². The molecular weight excluding hydrogens is 584 g/mol. The molecule has 1 aliphatic heterocycles. The highest BCUT2D eigenvalue weighted by molar-refractivity contribution is 5.97. The Balaban J connectivity index is 1.70. The molecule has 2 heterocycles. The fourth-order valence-electron chi connectivity index (χ4n) is 5.53. The van der Waals surface area contributed by atoms with Crippen molar-refractivity contribution < 1.29 is 39.0 Å².